The monoisotopic (exact) mass is 281 g/mol. The maximum Gasteiger partial charge on any atom is 0.183 e. The van der Waals surface area contributed by atoms with Gasteiger partial charge in [0.05, 0.1) is 0 Å². The summed E-state index contributed by atoms with van der Waals surface area (Å²) in [6.07, 6.45) is 5.68. The zero-order chi connectivity index (χ0) is 11.7. The Labute approximate surface area is 114 Å². The van der Waals surface area contributed by atoms with Crippen molar-refractivity contribution in [3.05, 3.63) is 44.9 Å². The van der Waals surface area contributed by atoms with Gasteiger partial charge >= 0.3 is 0 Å². The van der Waals surface area contributed by atoms with Crippen LogP contribution in [0.3, 0.4) is 0 Å². The molecule has 1 heterocycles. The number of rotatable bonds is 3. The fourth-order valence-corrected chi connectivity index (χ4v) is 4.10. The lowest BCUT2D eigenvalue weighted by Crippen LogP contribution is -1.83. The van der Waals surface area contributed by atoms with Crippen LogP contribution in [0.5, 0.6) is 0 Å². The summed E-state index contributed by atoms with van der Waals surface area (Å²) in [7, 11) is 0. The number of halogens is 1. The minimum absolute atomic E-state index is 0.634. The molecule has 0 N–H and O–H groups in total. The predicted octanol–water partition coefficient (Wildman–Crippen LogP) is 4.58. The van der Waals surface area contributed by atoms with Gasteiger partial charge in [-0.15, -0.1) is 23.1 Å². The van der Waals surface area contributed by atoms with Crippen molar-refractivity contribution in [3.8, 4) is 0 Å². The van der Waals surface area contributed by atoms with Gasteiger partial charge in [-0.2, -0.15) is 0 Å². The maximum absolute atomic E-state index is 5.82. The molecule has 0 amide bonds. The molecule has 17 heavy (non-hydrogen) atoms. The number of thioether (sulfide) groups is 1. The molecule has 0 atom stereocenters. The summed E-state index contributed by atoms with van der Waals surface area (Å²) < 4.78 is 0.634. The molecule has 1 aromatic heterocycles. The lowest BCUT2D eigenvalue weighted by molar-refractivity contribution is 0.911. The number of hydrogen-bond donors (Lipinski definition) is 0. The Bertz CT molecular complexity index is 536. The Morgan fingerprint density at radius 2 is 2.18 bits per heavy atom. The Balaban J connectivity index is 1.69. The molecule has 88 valence electrons. The van der Waals surface area contributed by atoms with Crippen LogP contribution in [0.25, 0.3) is 0 Å². The van der Waals surface area contributed by atoms with Crippen LogP contribution in [0.1, 0.15) is 22.4 Å². The van der Waals surface area contributed by atoms with Crippen LogP contribution in [0.15, 0.2) is 29.3 Å². The van der Waals surface area contributed by atoms with Crippen molar-refractivity contribution in [2.45, 2.75) is 29.9 Å². The first-order chi connectivity index (χ1) is 8.31. The fourth-order valence-electron chi connectivity index (χ4n) is 2.14. The Morgan fingerprint density at radius 3 is 3.00 bits per heavy atom. The standard InChI is InChI=1S/C13H12ClNS2/c14-13-15-7-12(17-13)8-16-11-5-4-9-2-1-3-10(9)6-11/h4-7H,1-3,8H2. The molecule has 4 heteroatoms. The van der Waals surface area contributed by atoms with Gasteiger partial charge in [0.15, 0.2) is 4.47 Å². The van der Waals surface area contributed by atoms with Crippen LogP contribution in [0.4, 0.5) is 0 Å². The first kappa shape index (κ1) is 11.6. The van der Waals surface area contributed by atoms with Crippen molar-refractivity contribution in [3.63, 3.8) is 0 Å². The Morgan fingerprint density at radius 1 is 1.29 bits per heavy atom. The van der Waals surface area contributed by atoms with Gasteiger partial charge in [-0.05, 0) is 42.5 Å². The average Bonchev–Trinajstić information content (AvgIpc) is 2.94. The number of aryl methyl sites for hydroxylation is 2. The molecule has 1 nitrogen and oxygen atoms in total. The topological polar surface area (TPSA) is 12.9 Å². The number of fused-ring (bicyclic) bond motifs is 1. The van der Waals surface area contributed by atoms with E-state index in [1.165, 1.54) is 40.2 Å². The quantitative estimate of drug-likeness (QED) is 0.764. The lowest BCUT2D eigenvalue weighted by Gasteiger charge is -2.03. The first-order valence-corrected chi connectivity index (χ1v) is 7.84. The summed E-state index contributed by atoms with van der Waals surface area (Å²) in [6.45, 7) is 0. The molecule has 0 radical (unpaired) electrons. The van der Waals surface area contributed by atoms with E-state index in [1.807, 2.05) is 18.0 Å². The van der Waals surface area contributed by atoms with Gasteiger partial charge in [-0.3, -0.25) is 0 Å². The number of hydrogen-bond acceptors (Lipinski definition) is 3. The second kappa shape index (κ2) is 5.01. The maximum atomic E-state index is 5.82. The van der Waals surface area contributed by atoms with E-state index < -0.39 is 0 Å². The number of thiazole rings is 1. The minimum atomic E-state index is 0.634. The zero-order valence-electron chi connectivity index (χ0n) is 9.28. The summed E-state index contributed by atoms with van der Waals surface area (Å²) in [5, 5.41) is 0. The molecule has 0 aliphatic heterocycles. The number of aromatic nitrogens is 1. The Hall–Kier alpha value is -0.510. The van der Waals surface area contributed by atoms with Crippen LogP contribution in [0.2, 0.25) is 4.47 Å². The highest BCUT2D eigenvalue weighted by molar-refractivity contribution is 7.98. The van der Waals surface area contributed by atoms with Gasteiger partial charge in [-0.25, -0.2) is 4.98 Å². The molecule has 0 spiro atoms. The van der Waals surface area contributed by atoms with E-state index in [9.17, 15) is 0 Å². The molecule has 1 aliphatic carbocycles. The summed E-state index contributed by atoms with van der Waals surface area (Å²) in [5.41, 5.74) is 3.08. The normalized spacial score (nSPS) is 13.9. The van der Waals surface area contributed by atoms with E-state index in [1.54, 1.807) is 11.3 Å². The van der Waals surface area contributed by atoms with E-state index in [-0.39, 0.29) is 0 Å². The van der Waals surface area contributed by atoms with Crippen LogP contribution < -0.4 is 0 Å². The molecule has 3 rings (SSSR count). The van der Waals surface area contributed by atoms with Gasteiger partial charge in [-0.1, -0.05) is 17.7 Å². The van der Waals surface area contributed by atoms with Crippen molar-refractivity contribution in [1.29, 1.82) is 0 Å². The van der Waals surface area contributed by atoms with Crippen molar-refractivity contribution in [2.75, 3.05) is 0 Å². The van der Waals surface area contributed by atoms with E-state index in [0.29, 0.717) is 4.47 Å². The molecule has 1 aliphatic rings. The molecule has 0 bridgehead atoms. The van der Waals surface area contributed by atoms with E-state index >= 15 is 0 Å². The zero-order valence-corrected chi connectivity index (χ0v) is 11.7. The Kier molecular flexibility index (Phi) is 3.41. The summed E-state index contributed by atoms with van der Waals surface area (Å²) in [6, 6.07) is 6.86. The molecular formula is C13H12ClNS2. The van der Waals surface area contributed by atoms with Gasteiger partial charge in [0.25, 0.3) is 0 Å². The second-order valence-corrected chi connectivity index (χ2v) is 6.90. The third-order valence-electron chi connectivity index (χ3n) is 2.98. The summed E-state index contributed by atoms with van der Waals surface area (Å²) >= 11 is 9.25. The largest absolute Gasteiger partial charge is 0.233 e. The molecule has 0 fully saturated rings. The molecule has 0 saturated carbocycles. The fraction of sp³-hybridized carbons (Fsp3) is 0.308. The predicted molar refractivity (Wildman–Crippen MR) is 75.2 cm³/mol. The lowest BCUT2D eigenvalue weighted by atomic mass is 10.1. The van der Waals surface area contributed by atoms with Gasteiger partial charge in [0.2, 0.25) is 0 Å². The second-order valence-electron chi connectivity index (χ2n) is 4.15. The third kappa shape index (κ3) is 2.67. The molecule has 0 saturated heterocycles. The first-order valence-electron chi connectivity index (χ1n) is 5.66. The van der Waals surface area contributed by atoms with Crippen molar-refractivity contribution in [2.24, 2.45) is 0 Å². The third-order valence-corrected chi connectivity index (χ3v) is 5.32. The SMILES string of the molecule is Clc1ncc(CSc2ccc3c(c2)CCC3)s1. The molecule has 1 aromatic carbocycles. The highest BCUT2D eigenvalue weighted by atomic mass is 35.5. The molecular weight excluding hydrogens is 270 g/mol. The van der Waals surface area contributed by atoms with Crippen molar-refractivity contribution in [1.82, 2.24) is 4.98 Å². The van der Waals surface area contributed by atoms with Crippen LogP contribution in [0, 0.1) is 0 Å². The van der Waals surface area contributed by atoms with E-state index in [0.717, 1.165) is 5.75 Å². The number of nitrogens with zero attached hydrogens (tertiary/aromatic N) is 1. The summed E-state index contributed by atoms with van der Waals surface area (Å²) in [5.74, 6) is 0.961. The minimum Gasteiger partial charge on any atom is -0.233 e. The van der Waals surface area contributed by atoms with Crippen molar-refractivity contribution >= 4 is 34.7 Å². The van der Waals surface area contributed by atoms with Gasteiger partial charge < -0.3 is 0 Å². The van der Waals surface area contributed by atoms with Crippen LogP contribution in [-0.2, 0) is 18.6 Å². The van der Waals surface area contributed by atoms with Crippen molar-refractivity contribution < 1.29 is 0 Å². The van der Waals surface area contributed by atoms with E-state index in [2.05, 4.69) is 23.2 Å². The van der Waals surface area contributed by atoms with E-state index in [4.69, 9.17) is 11.6 Å². The average molecular weight is 282 g/mol. The van der Waals surface area contributed by atoms with Gasteiger partial charge in [0.1, 0.15) is 0 Å². The molecule has 2 aromatic rings. The highest BCUT2D eigenvalue weighted by Crippen LogP contribution is 2.31. The van der Waals surface area contributed by atoms with Gasteiger partial charge in [0, 0.05) is 21.7 Å². The summed E-state index contributed by atoms with van der Waals surface area (Å²) in [4.78, 5) is 6.65. The molecule has 0 unspecified atom stereocenters. The van der Waals surface area contributed by atoms with Crippen LogP contribution in [-0.4, -0.2) is 4.98 Å². The number of benzene rings is 1. The highest BCUT2D eigenvalue weighted by Gasteiger charge is 2.11. The van der Waals surface area contributed by atoms with Crippen LogP contribution >= 0.6 is 34.7 Å². The smallest absolute Gasteiger partial charge is 0.183 e.